The van der Waals surface area contributed by atoms with Crippen molar-refractivity contribution >= 4 is 39.8 Å². The van der Waals surface area contributed by atoms with E-state index >= 15 is 0 Å². The van der Waals surface area contributed by atoms with Crippen LogP contribution in [0.25, 0.3) is 11.3 Å². The molecule has 1 aliphatic rings. The van der Waals surface area contributed by atoms with E-state index in [9.17, 15) is 9.59 Å². The number of nitrogens with zero attached hydrogens (tertiary/aromatic N) is 2. The third-order valence-corrected chi connectivity index (χ3v) is 7.08. The number of anilines is 2. The molecule has 8 nitrogen and oxygen atoms in total. The molecule has 0 aliphatic carbocycles. The van der Waals surface area contributed by atoms with Crippen molar-refractivity contribution in [3.63, 3.8) is 0 Å². The quantitative estimate of drug-likeness (QED) is 0.288. The van der Waals surface area contributed by atoms with Gasteiger partial charge in [0.05, 0.1) is 31.1 Å². The molecule has 4 rings (SSSR count). The molecule has 2 heterocycles. The average Bonchev–Trinajstić information content (AvgIpc) is 3.37. The summed E-state index contributed by atoms with van der Waals surface area (Å²) in [6.07, 6.45) is 0. The molecule has 9 heteroatoms. The lowest BCUT2D eigenvalue weighted by molar-refractivity contribution is -0.146. The van der Waals surface area contributed by atoms with Gasteiger partial charge in [-0.2, -0.15) is 0 Å². The number of allylic oxidation sites excluding steroid dienone is 1. The molecule has 0 saturated heterocycles. The van der Waals surface area contributed by atoms with Crippen LogP contribution in [-0.2, 0) is 19.1 Å². The molecule has 0 bridgehead atoms. The summed E-state index contributed by atoms with van der Waals surface area (Å²) in [6, 6.07) is 15.5. The largest absolute Gasteiger partial charge is 0.494 e. The van der Waals surface area contributed by atoms with Crippen molar-refractivity contribution in [3.05, 3.63) is 70.7 Å². The number of ether oxygens (including phenoxy) is 3. The summed E-state index contributed by atoms with van der Waals surface area (Å²) in [5.41, 5.74) is 4.90. The van der Waals surface area contributed by atoms with Gasteiger partial charge in [0.15, 0.2) is 5.13 Å². The minimum atomic E-state index is -0.741. The first-order valence-electron chi connectivity index (χ1n) is 13.0. The Labute approximate surface area is 232 Å². The molecule has 0 amide bonds. The maximum Gasteiger partial charge on any atom is 0.336 e. The fraction of sp³-hybridized carbons (Fsp3) is 0.333. The molecule has 1 aromatic heterocycles. The smallest absolute Gasteiger partial charge is 0.336 e. The van der Waals surface area contributed by atoms with E-state index in [1.807, 2.05) is 60.8 Å². The van der Waals surface area contributed by atoms with E-state index in [-0.39, 0.29) is 13.2 Å². The summed E-state index contributed by atoms with van der Waals surface area (Å²) in [4.78, 5) is 35.4. The Morgan fingerprint density at radius 2 is 1.72 bits per heavy atom. The van der Waals surface area contributed by atoms with Gasteiger partial charge in [-0.1, -0.05) is 12.1 Å². The zero-order chi connectivity index (χ0) is 27.9. The molecule has 39 heavy (non-hydrogen) atoms. The zero-order valence-electron chi connectivity index (χ0n) is 22.8. The third-order valence-electron chi connectivity index (χ3n) is 6.33. The van der Waals surface area contributed by atoms with Crippen molar-refractivity contribution < 1.29 is 23.8 Å². The van der Waals surface area contributed by atoms with Gasteiger partial charge in [0, 0.05) is 34.0 Å². The number of thiazole rings is 1. The van der Waals surface area contributed by atoms with Crippen molar-refractivity contribution in [1.29, 1.82) is 0 Å². The molecule has 0 saturated carbocycles. The average molecular weight is 548 g/mol. The normalized spacial score (nSPS) is 16.9. The fourth-order valence-electron chi connectivity index (χ4n) is 4.69. The molecule has 1 N–H and O–H groups in total. The number of carbonyl (C=O) groups excluding carboxylic acids is 2. The molecular formula is C30H33N3O5S. The summed E-state index contributed by atoms with van der Waals surface area (Å²) in [5.74, 6) is -1.42. The molecule has 0 fully saturated rings. The van der Waals surface area contributed by atoms with E-state index in [2.05, 4.69) is 10.3 Å². The van der Waals surface area contributed by atoms with Crippen LogP contribution in [0.15, 0.2) is 70.2 Å². The lowest BCUT2D eigenvalue weighted by Gasteiger charge is -2.31. The van der Waals surface area contributed by atoms with Gasteiger partial charge in [0.2, 0.25) is 0 Å². The van der Waals surface area contributed by atoms with Crippen molar-refractivity contribution in [3.8, 4) is 17.0 Å². The van der Waals surface area contributed by atoms with Crippen LogP contribution in [0.4, 0.5) is 10.8 Å². The Morgan fingerprint density at radius 3 is 2.41 bits per heavy atom. The lowest BCUT2D eigenvalue weighted by atomic mass is 9.75. The van der Waals surface area contributed by atoms with Crippen molar-refractivity contribution in [2.24, 2.45) is 10.9 Å². The Bertz CT molecular complexity index is 1390. The lowest BCUT2D eigenvalue weighted by Crippen LogP contribution is -2.36. The third kappa shape index (κ3) is 6.37. The number of nitrogens with one attached hydrogen (secondary N) is 1. The fourth-order valence-corrected chi connectivity index (χ4v) is 5.43. The van der Waals surface area contributed by atoms with E-state index in [0.29, 0.717) is 23.6 Å². The van der Waals surface area contributed by atoms with Crippen LogP contribution >= 0.6 is 11.3 Å². The Kier molecular flexibility index (Phi) is 9.14. The van der Waals surface area contributed by atoms with Crippen LogP contribution < -0.4 is 10.1 Å². The summed E-state index contributed by atoms with van der Waals surface area (Å²) < 4.78 is 16.3. The molecule has 204 valence electrons. The first kappa shape index (κ1) is 28.0. The van der Waals surface area contributed by atoms with Gasteiger partial charge in [-0.25, -0.2) is 9.78 Å². The van der Waals surface area contributed by atoms with Crippen molar-refractivity contribution in [2.75, 3.05) is 25.1 Å². The molecular weight excluding hydrogens is 514 g/mol. The van der Waals surface area contributed by atoms with Gasteiger partial charge in [-0.3, -0.25) is 9.79 Å². The summed E-state index contributed by atoms with van der Waals surface area (Å²) in [7, 11) is 0. The second kappa shape index (κ2) is 12.7. The van der Waals surface area contributed by atoms with Crippen LogP contribution in [0.3, 0.4) is 0 Å². The second-order valence-electron chi connectivity index (χ2n) is 8.93. The highest BCUT2D eigenvalue weighted by Gasteiger charge is 2.42. The van der Waals surface area contributed by atoms with Crippen LogP contribution in [0.5, 0.6) is 5.75 Å². The minimum absolute atomic E-state index is 0.220. The number of aromatic nitrogens is 1. The van der Waals surface area contributed by atoms with Gasteiger partial charge in [0.25, 0.3) is 0 Å². The zero-order valence-corrected chi connectivity index (χ0v) is 23.6. The minimum Gasteiger partial charge on any atom is -0.494 e. The Morgan fingerprint density at radius 1 is 0.974 bits per heavy atom. The standard InChI is InChI=1S/C30H33N3O5S/c1-6-36-23-14-12-20(13-15-23)24-17-39-30(33-24)32-22-11-9-10-21(16-22)27-25(28(34)37-7-2)18(4)31-19(5)26(27)29(35)38-8-3/h9-17,25,27H,6-8H2,1-5H3,(H,32,33). The highest BCUT2D eigenvalue weighted by atomic mass is 32.1. The molecule has 0 radical (unpaired) electrons. The van der Waals surface area contributed by atoms with Gasteiger partial charge >= 0.3 is 11.9 Å². The number of hydrogen-bond acceptors (Lipinski definition) is 9. The summed E-state index contributed by atoms with van der Waals surface area (Å²) in [6.45, 7) is 10.1. The van der Waals surface area contributed by atoms with Crippen LogP contribution in [0.2, 0.25) is 0 Å². The highest BCUT2D eigenvalue weighted by Crippen LogP contribution is 2.41. The van der Waals surface area contributed by atoms with Crippen LogP contribution in [0.1, 0.15) is 46.1 Å². The number of hydrogen-bond donors (Lipinski definition) is 1. The SMILES string of the molecule is CCOC(=O)C1=C(C)N=C(C)C(C(=O)OCC)C1c1cccc(Nc2nc(-c3ccc(OCC)cc3)cs2)c1. The molecule has 0 spiro atoms. The van der Waals surface area contributed by atoms with Gasteiger partial charge < -0.3 is 19.5 Å². The maximum atomic E-state index is 13.1. The molecule has 3 aromatic rings. The van der Waals surface area contributed by atoms with E-state index in [4.69, 9.17) is 19.2 Å². The Hall–Kier alpha value is -3.98. The summed E-state index contributed by atoms with van der Waals surface area (Å²) >= 11 is 1.49. The topological polar surface area (TPSA) is 99.1 Å². The van der Waals surface area contributed by atoms with E-state index in [0.717, 1.165) is 33.4 Å². The first-order chi connectivity index (χ1) is 18.9. The van der Waals surface area contributed by atoms with E-state index < -0.39 is 23.8 Å². The van der Waals surface area contributed by atoms with E-state index in [1.54, 1.807) is 27.7 Å². The predicted octanol–water partition coefficient (Wildman–Crippen LogP) is 6.53. The van der Waals surface area contributed by atoms with Gasteiger partial charge in [0.1, 0.15) is 11.7 Å². The van der Waals surface area contributed by atoms with Crippen molar-refractivity contribution in [2.45, 2.75) is 40.5 Å². The summed E-state index contributed by atoms with van der Waals surface area (Å²) in [5, 5.41) is 6.08. The maximum absolute atomic E-state index is 13.1. The number of benzene rings is 2. The van der Waals surface area contributed by atoms with E-state index in [1.165, 1.54) is 11.3 Å². The predicted molar refractivity (Wildman–Crippen MR) is 154 cm³/mol. The number of aliphatic imine (C=N–C) groups is 1. The molecule has 2 atom stereocenters. The first-order valence-corrected chi connectivity index (χ1v) is 13.9. The van der Waals surface area contributed by atoms with Crippen LogP contribution in [0, 0.1) is 5.92 Å². The van der Waals surface area contributed by atoms with Gasteiger partial charge in [-0.15, -0.1) is 11.3 Å². The number of esters is 2. The van der Waals surface area contributed by atoms with Crippen LogP contribution in [-0.4, -0.2) is 42.5 Å². The highest BCUT2D eigenvalue weighted by molar-refractivity contribution is 7.14. The Balaban J connectivity index is 1.64. The number of rotatable bonds is 10. The van der Waals surface area contributed by atoms with Crippen molar-refractivity contribution in [1.82, 2.24) is 4.98 Å². The number of carbonyl (C=O) groups is 2. The second-order valence-corrected chi connectivity index (χ2v) is 9.78. The van der Waals surface area contributed by atoms with Gasteiger partial charge in [-0.05, 0) is 76.6 Å². The molecule has 2 unspecified atom stereocenters. The molecule has 2 aromatic carbocycles. The molecule has 1 aliphatic heterocycles. The monoisotopic (exact) mass is 547 g/mol.